The van der Waals surface area contributed by atoms with E-state index in [9.17, 15) is 4.79 Å². The average Bonchev–Trinajstić information content (AvgIpc) is 3.06. The third-order valence-electron chi connectivity index (χ3n) is 4.34. The van der Waals surface area contributed by atoms with Crippen molar-refractivity contribution in [2.24, 2.45) is 0 Å². The first-order valence-corrected chi connectivity index (χ1v) is 8.19. The van der Waals surface area contributed by atoms with Crippen molar-refractivity contribution in [2.75, 3.05) is 13.7 Å². The molecular formula is C20H22N2O2. The maximum atomic E-state index is 11.7. The number of aromatic amines is 1. The second kappa shape index (κ2) is 7.21. The highest BCUT2D eigenvalue weighted by molar-refractivity contribution is 5.84. The van der Waals surface area contributed by atoms with E-state index in [-0.39, 0.29) is 11.8 Å². The summed E-state index contributed by atoms with van der Waals surface area (Å²) in [6, 6.07) is 16.3. The lowest BCUT2D eigenvalue weighted by atomic mass is 9.90. The number of fused-ring (bicyclic) bond motifs is 1. The fraction of sp³-hybridized carbons (Fsp3) is 0.250. The van der Waals surface area contributed by atoms with Gasteiger partial charge in [0.15, 0.2) is 0 Å². The van der Waals surface area contributed by atoms with Gasteiger partial charge in [0.25, 0.3) is 0 Å². The minimum Gasteiger partial charge on any atom is -0.497 e. The molecule has 0 bridgehead atoms. The quantitative estimate of drug-likeness (QED) is 0.724. The van der Waals surface area contributed by atoms with Gasteiger partial charge in [-0.3, -0.25) is 4.79 Å². The second-order valence-electron chi connectivity index (χ2n) is 5.77. The van der Waals surface area contributed by atoms with Gasteiger partial charge in [-0.25, -0.2) is 0 Å². The standard InChI is InChI=1S/C20H22N2O2/c1-3-20(23)22-12-17(14-8-10-15(24-2)11-9-14)18-13-21-19-7-5-4-6-16(18)19/h4-11,13,17,21H,3,12H2,1-2H3,(H,22,23)/t17-/m1/s1. The predicted molar refractivity (Wildman–Crippen MR) is 96.4 cm³/mol. The van der Waals surface area contributed by atoms with Gasteiger partial charge in [-0.15, -0.1) is 0 Å². The third kappa shape index (κ3) is 3.27. The Balaban J connectivity index is 1.98. The van der Waals surface area contributed by atoms with Crippen LogP contribution in [0.1, 0.15) is 30.4 Å². The number of ether oxygens (including phenoxy) is 1. The van der Waals surface area contributed by atoms with E-state index in [1.807, 2.05) is 37.4 Å². The van der Waals surface area contributed by atoms with Gasteiger partial charge < -0.3 is 15.0 Å². The van der Waals surface area contributed by atoms with Gasteiger partial charge in [-0.05, 0) is 29.3 Å². The molecule has 0 unspecified atom stereocenters. The van der Waals surface area contributed by atoms with Crippen molar-refractivity contribution in [2.45, 2.75) is 19.3 Å². The summed E-state index contributed by atoms with van der Waals surface area (Å²) < 4.78 is 5.25. The van der Waals surface area contributed by atoms with E-state index in [1.165, 1.54) is 10.9 Å². The Kier molecular flexibility index (Phi) is 4.85. The highest BCUT2D eigenvalue weighted by atomic mass is 16.5. The molecule has 3 aromatic rings. The molecule has 3 rings (SSSR count). The molecule has 4 heteroatoms. The van der Waals surface area contributed by atoms with Crippen LogP contribution in [0, 0.1) is 0 Å². The van der Waals surface area contributed by atoms with Gasteiger partial charge in [0.1, 0.15) is 5.75 Å². The number of carbonyl (C=O) groups is 1. The number of para-hydroxylation sites is 1. The molecule has 1 amide bonds. The normalized spacial score (nSPS) is 12.1. The van der Waals surface area contributed by atoms with Crippen molar-refractivity contribution in [3.63, 3.8) is 0 Å². The molecule has 0 saturated heterocycles. The monoisotopic (exact) mass is 322 g/mol. The topological polar surface area (TPSA) is 54.1 Å². The van der Waals surface area contributed by atoms with Gasteiger partial charge >= 0.3 is 0 Å². The molecule has 1 aromatic heterocycles. The third-order valence-corrected chi connectivity index (χ3v) is 4.34. The maximum absolute atomic E-state index is 11.7. The smallest absolute Gasteiger partial charge is 0.219 e. The fourth-order valence-corrected chi connectivity index (χ4v) is 2.97. The minimum absolute atomic E-state index is 0.0633. The molecule has 0 aliphatic heterocycles. The molecule has 0 saturated carbocycles. The van der Waals surface area contributed by atoms with E-state index in [0.717, 1.165) is 16.8 Å². The molecule has 124 valence electrons. The number of hydrogen-bond acceptors (Lipinski definition) is 2. The largest absolute Gasteiger partial charge is 0.497 e. The predicted octanol–water partition coefficient (Wildman–Crippen LogP) is 3.83. The molecule has 0 aliphatic rings. The van der Waals surface area contributed by atoms with E-state index in [2.05, 4.69) is 34.6 Å². The van der Waals surface area contributed by atoms with Gasteiger partial charge in [-0.1, -0.05) is 37.3 Å². The summed E-state index contributed by atoms with van der Waals surface area (Å²) in [5.74, 6) is 0.977. The zero-order chi connectivity index (χ0) is 16.9. The van der Waals surface area contributed by atoms with Gasteiger partial charge in [0, 0.05) is 36.0 Å². The fourth-order valence-electron chi connectivity index (χ4n) is 2.97. The molecule has 24 heavy (non-hydrogen) atoms. The van der Waals surface area contributed by atoms with Crippen LogP contribution < -0.4 is 10.1 Å². The van der Waals surface area contributed by atoms with E-state index in [0.29, 0.717) is 13.0 Å². The van der Waals surface area contributed by atoms with Crippen LogP contribution >= 0.6 is 0 Å². The highest BCUT2D eigenvalue weighted by Crippen LogP contribution is 2.31. The molecule has 1 heterocycles. The number of benzene rings is 2. The second-order valence-corrected chi connectivity index (χ2v) is 5.77. The van der Waals surface area contributed by atoms with Crippen LogP contribution in [0.5, 0.6) is 5.75 Å². The zero-order valence-corrected chi connectivity index (χ0v) is 14.0. The van der Waals surface area contributed by atoms with E-state index >= 15 is 0 Å². The Morgan fingerprint density at radius 3 is 2.62 bits per heavy atom. The van der Waals surface area contributed by atoms with Crippen molar-refractivity contribution in [1.29, 1.82) is 0 Å². The zero-order valence-electron chi connectivity index (χ0n) is 14.0. The number of amides is 1. The summed E-state index contributed by atoms with van der Waals surface area (Å²) in [5.41, 5.74) is 3.44. The molecule has 0 aliphatic carbocycles. The lowest BCUT2D eigenvalue weighted by Gasteiger charge is -2.18. The Labute approximate surface area is 141 Å². The summed E-state index contributed by atoms with van der Waals surface area (Å²) in [7, 11) is 1.66. The number of H-pyrrole nitrogens is 1. The van der Waals surface area contributed by atoms with Crippen LogP contribution in [-0.2, 0) is 4.79 Å². The first-order valence-electron chi connectivity index (χ1n) is 8.19. The average molecular weight is 322 g/mol. The van der Waals surface area contributed by atoms with Crippen molar-refractivity contribution in [3.05, 3.63) is 65.9 Å². The van der Waals surface area contributed by atoms with Crippen LogP contribution in [-0.4, -0.2) is 24.5 Å². The van der Waals surface area contributed by atoms with Crippen LogP contribution in [0.4, 0.5) is 0 Å². The SMILES string of the molecule is CCC(=O)NC[C@H](c1ccc(OC)cc1)c1c[nH]c2ccccc12. The summed E-state index contributed by atoms with van der Waals surface area (Å²) in [6.07, 6.45) is 2.53. The first-order chi connectivity index (χ1) is 11.7. The first kappa shape index (κ1) is 16.1. The summed E-state index contributed by atoms with van der Waals surface area (Å²) >= 11 is 0. The summed E-state index contributed by atoms with van der Waals surface area (Å²) in [5, 5.41) is 4.21. The molecule has 0 radical (unpaired) electrons. The number of nitrogens with one attached hydrogen (secondary N) is 2. The number of carbonyl (C=O) groups excluding carboxylic acids is 1. The van der Waals surface area contributed by atoms with Crippen LogP contribution in [0.3, 0.4) is 0 Å². The molecule has 2 N–H and O–H groups in total. The Morgan fingerprint density at radius 2 is 1.92 bits per heavy atom. The Bertz CT molecular complexity index is 821. The lowest BCUT2D eigenvalue weighted by Crippen LogP contribution is -2.28. The van der Waals surface area contributed by atoms with Crippen molar-refractivity contribution >= 4 is 16.8 Å². The number of aromatic nitrogens is 1. The lowest BCUT2D eigenvalue weighted by molar-refractivity contribution is -0.120. The van der Waals surface area contributed by atoms with E-state index in [1.54, 1.807) is 7.11 Å². The van der Waals surface area contributed by atoms with Gasteiger partial charge in [-0.2, -0.15) is 0 Å². The van der Waals surface area contributed by atoms with Gasteiger partial charge in [0.2, 0.25) is 5.91 Å². The molecule has 4 nitrogen and oxygen atoms in total. The van der Waals surface area contributed by atoms with Crippen LogP contribution in [0.25, 0.3) is 10.9 Å². The summed E-state index contributed by atoms with van der Waals surface area (Å²) in [4.78, 5) is 15.1. The Hall–Kier alpha value is -2.75. The van der Waals surface area contributed by atoms with Crippen molar-refractivity contribution in [3.8, 4) is 5.75 Å². The highest BCUT2D eigenvalue weighted by Gasteiger charge is 2.18. The van der Waals surface area contributed by atoms with Crippen molar-refractivity contribution in [1.82, 2.24) is 10.3 Å². The van der Waals surface area contributed by atoms with E-state index < -0.39 is 0 Å². The molecule has 1 atom stereocenters. The molecule has 0 fully saturated rings. The number of rotatable bonds is 6. The van der Waals surface area contributed by atoms with E-state index in [4.69, 9.17) is 4.74 Å². The van der Waals surface area contributed by atoms with Gasteiger partial charge in [0.05, 0.1) is 7.11 Å². The minimum atomic E-state index is 0.0633. The van der Waals surface area contributed by atoms with Crippen LogP contribution in [0.15, 0.2) is 54.7 Å². The number of methoxy groups -OCH3 is 1. The maximum Gasteiger partial charge on any atom is 0.219 e. The van der Waals surface area contributed by atoms with Crippen LogP contribution in [0.2, 0.25) is 0 Å². The Morgan fingerprint density at radius 1 is 1.17 bits per heavy atom. The summed E-state index contributed by atoms with van der Waals surface area (Å²) in [6.45, 7) is 2.43. The molecular weight excluding hydrogens is 300 g/mol. The molecule has 0 spiro atoms. The van der Waals surface area contributed by atoms with Crippen molar-refractivity contribution < 1.29 is 9.53 Å². The molecule has 2 aromatic carbocycles. The number of hydrogen-bond donors (Lipinski definition) is 2.